The number of nitrogens with two attached hydrogens (primary N) is 1. The summed E-state index contributed by atoms with van der Waals surface area (Å²) in [5.74, 6) is 1.95. The Balaban J connectivity index is 1.77. The number of rotatable bonds is 3. The molecule has 3 rings (SSSR count). The van der Waals surface area contributed by atoms with E-state index in [0.717, 1.165) is 24.4 Å². The summed E-state index contributed by atoms with van der Waals surface area (Å²) in [4.78, 5) is 2.94. The molecule has 0 radical (unpaired) electrons. The molecule has 2 aliphatic carbocycles. The first-order chi connectivity index (χ1) is 10.3. The van der Waals surface area contributed by atoms with Crippen molar-refractivity contribution in [2.75, 3.05) is 13.1 Å². The van der Waals surface area contributed by atoms with Crippen LogP contribution in [-0.2, 0) is 0 Å². The molecule has 2 nitrogen and oxygen atoms in total. The largest absolute Gasteiger partial charge is 0.329 e. The number of hydrogen-bond acceptors (Lipinski definition) is 2. The molecule has 0 spiro atoms. The van der Waals surface area contributed by atoms with Gasteiger partial charge in [-0.3, -0.25) is 4.90 Å². The summed E-state index contributed by atoms with van der Waals surface area (Å²) in [6.07, 6.45) is 17.1. The number of hydrogen-bond donors (Lipinski definition) is 1. The Labute approximate surface area is 131 Å². The Morgan fingerprint density at radius 1 is 0.952 bits per heavy atom. The molecule has 21 heavy (non-hydrogen) atoms. The molecule has 1 heterocycles. The maximum Gasteiger partial charge on any atom is 0.0334 e. The van der Waals surface area contributed by atoms with Gasteiger partial charge in [-0.15, -0.1) is 0 Å². The van der Waals surface area contributed by atoms with Crippen LogP contribution in [0.4, 0.5) is 0 Å². The highest BCUT2D eigenvalue weighted by molar-refractivity contribution is 5.00. The van der Waals surface area contributed by atoms with E-state index in [2.05, 4.69) is 11.8 Å². The third kappa shape index (κ3) is 3.17. The van der Waals surface area contributed by atoms with Crippen molar-refractivity contribution in [1.82, 2.24) is 4.90 Å². The minimum absolute atomic E-state index is 0.352. The third-order valence-electron chi connectivity index (χ3n) is 7.08. The van der Waals surface area contributed by atoms with Gasteiger partial charge >= 0.3 is 0 Å². The molecule has 2 N–H and O–H groups in total. The SMILES string of the molecule is CCC1CCCC(CN)(N2CCCC3CCCCC32)CC1. The summed E-state index contributed by atoms with van der Waals surface area (Å²) in [6.45, 7) is 4.60. The molecule has 3 aliphatic rings. The van der Waals surface area contributed by atoms with Crippen molar-refractivity contribution >= 4 is 0 Å². The van der Waals surface area contributed by atoms with Crippen LogP contribution in [-0.4, -0.2) is 29.6 Å². The maximum atomic E-state index is 6.41. The molecule has 2 heteroatoms. The van der Waals surface area contributed by atoms with Gasteiger partial charge in [-0.25, -0.2) is 0 Å². The fraction of sp³-hybridized carbons (Fsp3) is 1.00. The lowest BCUT2D eigenvalue weighted by atomic mass is 9.74. The molecule has 1 saturated heterocycles. The van der Waals surface area contributed by atoms with Crippen LogP contribution >= 0.6 is 0 Å². The van der Waals surface area contributed by atoms with Crippen LogP contribution in [0.3, 0.4) is 0 Å². The van der Waals surface area contributed by atoms with E-state index in [1.807, 2.05) is 0 Å². The van der Waals surface area contributed by atoms with Crippen molar-refractivity contribution in [3.8, 4) is 0 Å². The van der Waals surface area contributed by atoms with E-state index in [-0.39, 0.29) is 0 Å². The average Bonchev–Trinajstić information content (AvgIpc) is 2.77. The molecule has 122 valence electrons. The Kier molecular flexibility index (Phi) is 5.27. The van der Waals surface area contributed by atoms with Crippen LogP contribution in [0.2, 0.25) is 0 Å². The summed E-state index contributed by atoms with van der Waals surface area (Å²) in [5, 5.41) is 0. The zero-order valence-electron chi connectivity index (χ0n) is 14.2. The second-order valence-corrected chi connectivity index (χ2v) is 8.08. The van der Waals surface area contributed by atoms with Crippen molar-refractivity contribution in [3.05, 3.63) is 0 Å². The van der Waals surface area contributed by atoms with Crippen LogP contribution in [0.1, 0.15) is 84.0 Å². The predicted molar refractivity (Wildman–Crippen MR) is 90.3 cm³/mol. The lowest BCUT2D eigenvalue weighted by Gasteiger charge is -2.54. The minimum Gasteiger partial charge on any atom is -0.329 e. The molecule has 4 unspecified atom stereocenters. The summed E-state index contributed by atoms with van der Waals surface area (Å²) < 4.78 is 0. The fourth-order valence-electron chi connectivity index (χ4n) is 5.69. The Bertz CT molecular complexity index is 328. The van der Waals surface area contributed by atoms with Gasteiger partial charge in [0.25, 0.3) is 0 Å². The van der Waals surface area contributed by atoms with Crippen molar-refractivity contribution in [2.45, 2.75) is 95.6 Å². The maximum absolute atomic E-state index is 6.41. The summed E-state index contributed by atoms with van der Waals surface area (Å²) in [6, 6.07) is 0.870. The molecule has 4 atom stereocenters. The zero-order chi connectivity index (χ0) is 14.7. The highest BCUT2D eigenvalue weighted by Crippen LogP contribution is 2.43. The van der Waals surface area contributed by atoms with Crippen molar-refractivity contribution in [3.63, 3.8) is 0 Å². The van der Waals surface area contributed by atoms with E-state index in [9.17, 15) is 0 Å². The van der Waals surface area contributed by atoms with Crippen LogP contribution in [0, 0.1) is 11.8 Å². The fourth-order valence-corrected chi connectivity index (χ4v) is 5.69. The molecule has 1 aliphatic heterocycles. The van der Waals surface area contributed by atoms with Crippen LogP contribution in [0.5, 0.6) is 0 Å². The average molecular weight is 293 g/mol. The minimum atomic E-state index is 0.352. The van der Waals surface area contributed by atoms with Crippen molar-refractivity contribution in [2.24, 2.45) is 17.6 Å². The molecular weight excluding hydrogens is 256 g/mol. The smallest absolute Gasteiger partial charge is 0.0334 e. The van der Waals surface area contributed by atoms with Gasteiger partial charge in [0.05, 0.1) is 0 Å². The first-order valence-electron chi connectivity index (χ1n) is 9.76. The standard InChI is InChI=1S/C19H36N2/c1-2-16-7-5-12-19(15-20,13-11-16)21-14-6-9-17-8-3-4-10-18(17)21/h16-18H,2-15,20H2,1H3. The van der Waals surface area contributed by atoms with E-state index in [1.165, 1.54) is 83.6 Å². The monoisotopic (exact) mass is 292 g/mol. The second-order valence-electron chi connectivity index (χ2n) is 8.08. The normalized spacial score (nSPS) is 42.3. The number of nitrogens with zero attached hydrogens (tertiary/aromatic N) is 1. The molecule has 0 amide bonds. The van der Waals surface area contributed by atoms with E-state index in [1.54, 1.807) is 0 Å². The van der Waals surface area contributed by atoms with E-state index in [0.29, 0.717) is 5.54 Å². The molecular formula is C19H36N2. The van der Waals surface area contributed by atoms with Gasteiger partial charge in [0.15, 0.2) is 0 Å². The van der Waals surface area contributed by atoms with Crippen LogP contribution in [0.15, 0.2) is 0 Å². The number of fused-ring (bicyclic) bond motifs is 1. The topological polar surface area (TPSA) is 29.3 Å². The Morgan fingerprint density at radius 2 is 1.76 bits per heavy atom. The first kappa shape index (κ1) is 15.8. The quantitative estimate of drug-likeness (QED) is 0.785. The first-order valence-corrected chi connectivity index (χ1v) is 9.76. The van der Waals surface area contributed by atoms with Gasteiger partial charge in [0, 0.05) is 18.1 Å². The lowest BCUT2D eigenvalue weighted by molar-refractivity contribution is -0.0336. The van der Waals surface area contributed by atoms with Gasteiger partial charge in [-0.1, -0.05) is 39.0 Å². The molecule has 0 aromatic heterocycles. The van der Waals surface area contributed by atoms with Gasteiger partial charge in [-0.05, 0) is 63.3 Å². The van der Waals surface area contributed by atoms with Crippen LogP contribution in [0.25, 0.3) is 0 Å². The van der Waals surface area contributed by atoms with Gasteiger partial charge in [0.1, 0.15) is 0 Å². The van der Waals surface area contributed by atoms with E-state index < -0.39 is 0 Å². The van der Waals surface area contributed by atoms with E-state index in [4.69, 9.17) is 5.73 Å². The number of likely N-dealkylation sites (tertiary alicyclic amines) is 1. The van der Waals surface area contributed by atoms with Gasteiger partial charge in [-0.2, -0.15) is 0 Å². The molecule has 2 saturated carbocycles. The summed E-state index contributed by atoms with van der Waals surface area (Å²) in [5.41, 5.74) is 6.76. The number of piperidine rings is 1. The molecule has 3 fully saturated rings. The van der Waals surface area contributed by atoms with Crippen molar-refractivity contribution < 1.29 is 0 Å². The van der Waals surface area contributed by atoms with E-state index >= 15 is 0 Å². The molecule has 0 bridgehead atoms. The highest BCUT2D eigenvalue weighted by atomic mass is 15.2. The van der Waals surface area contributed by atoms with Crippen LogP contribution < -0.4 is 5.73 Å². The molecule has 0 aromatic carbocycles. The zero-order valence-corrected chi connectivity index (χ0v) is 14.2. The lowest BCUT2D eigenvalue weighted by Crippen LogP contribution is -2.61. The highest BCUT2D eigenvalue weighted by Gasteiger charge is 2.44. The third-order valence-corrected chi connectivity index (χ3v) is 7.08. The van der Waals surface area contributed by atoms with Gasteiger partial charge in [0.2, 0.25) is 0 Å². The Hall–Kier alpha value is -0.0800. The Morgan fingerprint density at radius 3 is 2.57 bits per heavy atom. The summed E-state index contributed by atoms with van der Waals surface area (Å²) in [7, 11) is 0. The van der Waals surface area contributed by atoms with Crippen molar-refractivity contribution in [1.29, 1.82) is 0 Å². The van der Waals surface area contributed by atoms with Gasteiger partial charge < -0.3 is 5.73 Å². The predicted octanol–water partition coefficient (Wildman–Crippen LogP) is 4.33. The second kappa shape index (κ2) is 7.00. The summed E-state index contributed by atoms with van der Waals surface area (Å²) >= 11 is 0. The molecule has 0 aromatic rings.